The van der Waals surface area contributed by atoms with Crippen LogP contribution in [-0.2, 0) is 16.0 Å². The molecule has 0 aliphatic carbocycles. The summed E-state index contributed by atoms with van der Waals surface area (Å²) in [5.41, 5.74) is 1.83. The molecule has 0 spiro atoms. The summed E-state index contributed by atoms with van der Waals surface area (Å²) in [5.74, 6) is -0.434. The van der Waals surface area contributed by atoms with Gasteiger partial charge >= 0.3 is 0 Å². The van der Waals surface area contributed by atoms with Crippen molar-refractivity contribution >= 4 is 46.2 Å². The molecule has 1 fully saturated rings. The van der Waals surface area contributed by atoms with Crippen LogP contribution in [0.5, 0.6) is 0 Å². The molecular formula is C18H16N2O3S2. The van der Waals surface area contributed by atoms with Gasteiger partial charge in [-0.1, -0.05) is 30.3 Å². The number of hydrogen-bond acceptors (Lipinski definition) is 5. The average Bonchev–Trinajstić information content (AvgIpc) is 3.19. The number of benzene rings is 1. The molecule has 128 valence electrons. The molecule has 0 bridgehead atoms. The van der Waals surface area contributed by atoms with Gasteiger partial charge in [-0.2, -0.15) is 11.3 Å². The molecule has 1 N–H and O–H groups in total. The quantitative estimate of drug-likeness (QED) is 0.791. The van der Waals surface area contributed by atoms with E-state index in [-0.39, 0.29) is 30.1 Å². The Kier molecular flexibility index (Phi) is 5.67. The molecule has 7 heteroatoms. The number of rotatable bonds is 6. The number of thiophene rings is 1. The first-order chi connectivity index (χ1) is 12.1. The normalized spacial score (nSPS) is 15.8. The molecule has 1 aromatic heterocycles. The van der Waals surface area contributed by atoms with Crippen molar-refractivity contribution in [2.75, 3.05) is 13.1 Å². The molecule has 3 amide bonds. The van der Waals surface area contributed by atoms with Gasteiger partial charge in [0.15, 0.2) is 0 Å². The van der Waals surface area contributed by atoms with Crippen LogP contribution in [0, 0.1) is 0 Å². The van der Waals surface area contributed by atoms with E-state index in [1.165, 1.54) is 4.90 Å². The zero-order chi connectivity index (χ0) is 17.6. The molecule has 25 heavy (non-hydrogen) atoms. The van der Waals surface area contributed by atoms with Crippen LogP contribution in [-0.4, -0.2) is 35.0 Å². The predicted molar refractivity (Wildman–Crippen MR) is 100 cm³/mol. The molecule has 0 radical (unpaired) electrons. The smallest absolute Gasteiger partial charge is 0.293 e. The van der Waals surface area contributed by atoms with Gasteiger partial charge in [-0.25, -0.2) is 0 Å². The Morgan fingerprint density at radius 1 is 1.16 bits per heavy atom. The first-order valence-electron chi connectivity index (χ1n) is 7.71. The molecule has 0 unspecified atom stereocenters. The van der Waals surface area contributed by atoms with Crippen molar-refractivity contribution < 1.29 is 14.4 Å². The lowest BCUT2D eigenvalue weighted by Gasteiger charge is -2.12. The summed E-state index contributed by atoms with van der Waals surface area (Å²) in [6, 6.07) is 11.3. The minimum atomic E-state index is -0.314. The van der Waals surface area contributed by atoms with Crippen LogP contribution in [0.4, 0.5) is 4.79 Å². The van der Waals surface area contributed by atoms with Crippen LogP contribution < -0.4 is 5.32 Å². The fourth-order valence-electron chi connectivity index (χ4n) is 2.34. The van der Waals surface area contributed by atoms with Crippen molar-refractivity contribution in [3.8, 4) is 0 Å². The van der Waals surface area contributed by atoms with Gasteiger partial charge in [0.2, 0.25) is 5.91 Å². The topological polar surface area (TPSA) is 66.5 Å². The van der Waals surface area contributed by atoms with Crippen LogP contribution in [0.3, 0.4) is 0 Å². The van der Waals surface area contributed by atoms with Crippen LogP contribution in [0.1, 0.15) is 11.1 Å². The standard InChI is InChI=1S/C18H16N2O3S2/c21-16(11-14-6-9-24-12-14)19-7-8-20-17(22)15(25-18(20)23)10-13-4-2-1-3-5-13/h1-6,9-10,12H,7-8,11H2,(H,19,21)/b15-10-. The van der Waals surface area contributed by atoms with Gasteiger partial charge in [0, 0.05) is 13.1 Å². The number of amides is 3. The number of imide groups is 1. The van der Waals surface area contributed by atoms with Crippen LogP contribution in [0.15, 0.2) is 52.1 Å². The highest BCUT2D eigenvalue weighted by Gasteiger charge is 2.34. The SMILES string of the molecule is O=C(Cc1ccsc1)NCCN1C(=O)S/C(=C\c2ccccc2)C1=O. The highest BCUT2D eigenvalue weighted by atomic mass is 32.2. The third-order valence-corrected chi connectivity index (χ3v) is 5.21. The number of thioether (sulfide) groups is 1. The molecule has 0 saturated carbocycles. The number of carbonyl (C=O) groups excluding carboxylic acids is 3. The predicted octanol–water partition coefficient (Wildman–Crippen LogP) is 3.14. The second-order valence-corrected chi connectivity index (χ2v) is 7.18. The lowest BCUT2D eigenvalue weighted by atomic mass is 10.2. The Labute approximate surface area is 153 Å². The maximum absolute atomic E-state index is 12.4. The fourth-order valence-corrected chi connectivity index (χ4v) is 3.88. The van der Waals surface area contributed by atoms with E-state index in [0.29, 0.717) is 11.3 Å². The van der Waals surface area contributed by atoms with E-state index in [9.17, 15) is 14.4 Å². The van der Waals surface area contributed by atoms with Crippen molar-refractivity contribution in [2.24, 2.45) is 0 Å². The summed E-state index contributed by atoms with van der Waals surface area (Å²) in [6.45, 7) is 0.422. The highest BCUT2D eigenvalue weighted by Crippen LogP contribution is 2.31. The molecule has 1 aromatic carbocycles. The Balaban J connectivity index is 1.53. The summed E-state index contributed by atoms with van der Waals surface area (Å²) in [6.07, 6.45) is 2.01. The summed E-state index contributed by atoms with van der Waals surface area (Å²) in [5, 5.41) is 6.28. The van der Waals surface area contributed by atoms with E-state index in [1.807, 2.05) is 47.2 Å². The summed E-state index contributed by atoms with van der Waals surface area (Å²) < 4.78 is 0. The molecule has 1 aliphatic heterocycles. The second-order valence-electron chi connectivity index (χ2n) is 5.40. The Bertz CT molecular complexity index is 801. The van der Waals surface area contributed by atoms with Crippen molar-refractivity contribution in [1.29, 1.82) is 0 Å². The Hall–Kier alpha value is -2.38. The van der Waals surface area contributed by atoms with Gasteiger partial charge in [-0.3, -0.25) is 19.3 Å². The Morgan fingerprint density at radius 3 is 2.68 bits per heavy atom. The van der Waals surface area contributed by atoms with Gasteiger partial charge in [-0.05, 0) is 45.8 Å². The number of nitrogens with zero attached hydrogens (tertiary/aromatic N) is 1. The third kappa shape index (κ3) is 4.58. The second kappa shape index (κ2) is 8.13. The maximum atomic E-state index is 12.4. The van der Waals surface area contributed by atoms with Gasteiger partial charge in [0.1, 0.15) is 0 Å². The molecule has 0 atom stereocenters. The van der Waals surface area contributed by atoms with Crippen molar-refractivity contribution in [2.45, 2.75) is 6.42 Å². The number of carbonyl (C=O) groups is 3. The minimum Gasteiger partial charge on any atom is -0.354 e. The van der Waals surface area contributed by atoms with Crippen molar-refractivity contribution in [3.63, 3.8) is 0 Å². The summed E-state index contributed by atoms with van der Waals surface area (Å²) in [7, 11) is 0. The monoisotopic (exact) mass is 372 g/mol. The highest BCUT2D eigenvalue weighted by molar-refractivity contribution is 8.18. The lowest BCUT2D eigenvalue weighted by Crippen LogP contribution is -2.37. The molecule has 1 saturated heterocycles. The van der Waals surface area contributed by atoms with Crippen molar-refractivity contribution in [3.05, 3.63) is 63.2 Å². The Morgan fingerprint density at radius 2 is 1.96 bits per heavy atom. The lowest BCUT2D eigenvalue weighted by molar-refractivity contribution is -0.124. The van der Waals surface area contributed by atoms with E-state index < -0.39 is 0 Å². The zero-order valence-electron chi connectivity index (χ0n) is 13.3. The van der Waals surface area contributed by atoms with Gasteiger partial charge in [0.05, 0.1) is 11.3 Å². The van der Waals surface area contributed by atoms with E-state index in [0.717, 1.165) is 22.9 Å². The van der Waals surface area contributed by atoms with E-state index >= 15 is 0 Å². The molecule has 2 aromatic rings. The molecule has 1 aliphatic rings. The summed E-state index contributed by atoms with van der Waals surface area (Å²) in [4.78, 5) is 37.8. The number of hydrogen-bond donors (Lipinski definition) is 1. The first kappa shape index (κ1) is 17.4. The molecule has 5 nitrogen and oxygen atoms in total. The largest absolute Gasteiger partial charge is 0.354 e. The van der Waals surface area contributed by atoms with Crippen LogP contribution >= 0.6 is 23.1 Å². The maximum Gasteiger partial charge on any atom is 0.293 e. The fraction of sp³-hybridized carbons (Fsp3) is 0.167. The van der Waals surface area contributed by atoms with Gasteiger partial charge in [0.25, 0.3) is 11.1 Å². The summed E-state index contributed by atoms with van der Waals surface area (Å²) >= 11 is 2.47. The zero-order valence-corrected chi connectivity index (χ0v) is 14.9. The van der Waals surface area contributed by atoms with Crippen LogP contribution in [0.2, 0.25) is 0 Å². The van der Waals surface area contributed by atoms with E-state index in [4.69, 9.17) is 0 Å². The third-order valence-electron chi connectivity index (χ3n) is 3.57. The van der Waals surface area contributed by atoms with Crippen molar-refractivity contribution in [1.82, 2.24) is 10.2 Å². The van der Waals surface area contributed by atoms with Crippen LogP contribution in [0.25, 0.3) is 6.08 Å². The van der Waals surface area contributed by atoms with Gasteiger partial charge < -0.3 is 5.32 Å². The minimum absolute atomic E-state index is 0.120. The molecule has 3 rings (SSSR count). The van der Waals surface area contributed by atoms with Gasteiger partial charge in [-0.15, -0.1) is 0 Å². The number of nitrogens with one attached hydrogen (secondary N) is 1. The van der Waals surface area contributed by atoms with E-state index in [2.05, 4.69) is 5.32 Å². The van der Waals surface area contributed by atoms with E-state index in [1.54, 1.807) is 17.4 Å². The molecular weight excluding hydrogens is 356 g/mol. The molecule has 2 heterocycles. The average molecular weight is 372 g/mol. The first-order valence-corrected chi connectivity index (χ1v) is 9.47.